The third-order valence-electron chi connectivity index (χ3n) is 6.43. The van der Waals surface area contributed by atoms with E-state index in [1.807, 2.05) is 66.7 Å². The smallest absolute Gasteiger partial charge is 0.497 e. The van der Waals surface area contributed by atoms with Crippen LogP contribution in [0.3, 0.4) is 0 Å². The van der Waals surface area contributed by atoms with E-state index in [0.29, 0.717) is 34.2 Å². The van der Waals surface area contributed by atoms with Crippen molar-refractivity contribution in [2.24, 2.45) is 0 Å². The van der Waals surface area contributed by atoms with Gasteiger partial charge in [0.05, 0.1) is 30.1 Å². The van der Waals surface area contributed by atoms with Crippen molar-refractivity contribution in [1.29, 1.82) is 0 Å². The minimum Gasteiger partial charge on any atom is -0.497 e. The van der Waals surface area contributed by atoms with E-state index >= 15 is 0 Å². The van der Waals surface area contributed by atoms with E-state index in [2.05, 4.69) is 4.74 Å². The van der Waals surface area contributed by atoms with Crippen LogP contribution in [0.2, 0.25) is 0 Å². The molecule has 0 aliphatic rings. The quantitative estimate of drug-likeness (QED) is 0.185. The van der Waals surface area contributed by atoms with Crippen molar-refractivity contribution in [3.63, 3.8) is 0 Å². The van der Waals surface area contributed by atoms with E-state index in [4.69, 9.17) is 14.6 Å². The Hall–Kier alpha value is -5.25. The maximum atomic E-state index is 12.6. The maximum Gasteiger partial charge on any atom is 0.573 e. The number of benzene rings is 4. The first kappa shape index (κ1) is 28.3. The van der Waals surface area contributed by atoms with Crippen molar-refractivity contribution < 1.29 is 37.3 Å². The molecule has 0 bridgehead atoms. The largest absolute Gasteiger partial charge is 0.573 e. The Balaban J connectivity index is 1.46. The lowest BCUT2D eigenvalue weighted by molar-refractivity contribution is -0.274. The highest BCUT2D eigenvalue weighted by atomic mass is 19.4. The summed E-state index contributed by atoms with van der Waals surface area (Å²) in [5.74, 6) is -0.612. The van der Waals surface area contributed by atoms with Gasteiger partial charge >= 0.3 is 12.3 Å². The number of ether oxygens (including phenoxy) is 3. The Morgan fingerprint density at radius 2 is 1.43 bits per heavy atom. The van der Waals surface area contributed by atoms with Crippen molar-refractivity contribution in [3.05, 3.63) is 120 Å². The molecule has 0 amide bonds. The first-order valence-corrected chi connectivity index (χ1v) is 12.8. The number of aliphatic carboxylic acids is 1. The standard InChI is InChI=1S/C32H25F3N2O5/c1-40-25-17-11-24(12-18-25)37-30(22-9-13-27(14-10-22)41-26-5-3-2-4-6-26)20-23(36-37)19-29(31(38)39)21-7-15-28(16-8-21)42-32(33,34)35/h2-18,20,29H,19H2,1H3,(H,38,39). The van der Waals surface area contributed by atoms with Crippen LogP contribution in [0.4, 0.5) is 13.2 Å². The second-order valence-corrected chi connectivity index (χ2v) is 9.28. The number of methoxy groups -OCH3 is 1. The lowest BCUT2D eigenvalue weighted by Gasteiger charge is -2.13. The molecule has 1 aromatic heterocycles. The Labute approximate surface area is 239 Å². The molecular weight excluding hydrogens is 549 g/mol. The van der Waals surface area contributed by atoms with Gasteiger partial charge in [-0.15, -0.1) is 13.2 Å². The van der Waals surface area contributed by atoms with Gasteiger partial charge < -0.3 is 19.3 Å². The molecule has 4 aromatic carbocycles. The summed E-state index contributed by atoms with van der Waals surface area (Å²) in [5.41, 5.74) is 3.04. The van der Waals surface area contributed by atoms with E-state index in [1.165, 1.54) is 12.1 Å². The predicted molar refractivity (Wildman–Crippen MR) is 149 cm³/mol. The lowest BCUT2D eigenvalue weighted by Crippen LogP contribution is -2.17. The molecule has 1 unspecified atom stereocenters. The fraction of sp³-hybridized carbons (Fsp3) is 0.125. The molecule has 214 valence electrons. The van der Waals surface area contributed by atoms with Crippen LogP contribution < -0.4 is 14.2 Å². The minimum atomic E-state index is -4.84. The highest BCUT2D eigenvalue weighted by Crippen LogP contribution is 2.31. The molecule has 42 heavy (non-hydrogen) atoms. The van der Waals surface area contributed by atoms with Crippen LogP contribution in [0.1, 0.15) is 17.2 Å². The monoisotopic (exact) mass is 574 g/mol. The number of alkyl halides is 3. The van der Waals surface area contributed by atoms with Crippen molar-refractivity contribution >= 4 is 5.97 Å². The van der Waals surface area contributed by atoms with Crippen LogP contribution in [-0.4, -0.2) is 34.3 Å². The number of nitrogens with zero attached hydrogens (tertiary/aromatic N) is 2. The molecule has 5 aromatic rings. The normalized spacial score (nSPS) is 12.0. The molecule has 0 aliphatic heterocycles. The SMILES string of the molecule is COc1ccc(-n2nc(CC(C(=O)O)c3ccc(OC(F)(F)F)cc3)cc2-c2ccc(Oc3ccccc3)cc2)cc1. The maximum absolute atomic E-state index is 12.6. The summed E-state index contributed by atoms with van der Waals surface area (Å²) in [6.45, 7) is 0. The van der Waals surface area contributed by atoms with Crippen LogP contribution in [0.25, 0.3) is 16.9 Å². The summed E-state index contributed by atoms with van der Waals surface area (Å²) in [4.78, 5) is 12.2. The van der Waals surface area contributed by atoms with Crippen LogP contribution in [0, 0.1) is 0 Å². The fourth-order valence-electron chi connectivity index (χ4n) is 4.43. The zero-order valence-corrected chi connectivity index (χ0v) is 22.3. The number of para-hydroxylation sites is 1. The number of carboxylic acid groups (broad SMARTS) is 1. The number of halogens is 3. The van der Waals surface area contributed by atoms with Gasteiger partial charge in [-0.3, -0.25) is 4.79 Å². The number of carboxylic acids is 1. The number of carbonyl (C=O) groups is 1. The number of aromatic nitrogens is 2. The molecule has 10 heteroatoms. The second kappa shape index (κ2) is 12.1. The summed E-state index contributed by atoms with van der Waals surface area (Å²) in [6, 6.07) is 30.7. The molecule has 0 radical (unpaired) electrons. The van der Waals surface area contributed by atoms with Gasteiger partial charge in [-0.2, -0.15) is 5.10 Å². The molecule has 5 rings (SSSR count). The number of hydrogen-bond donors (Lipinski definition) is 1. The first-order chi connectivity index (χ1) is 20.2. The highest BCUT2D eigenvalue weighted by Gasteiger charge is 2.31. The van der Waals surface area contributed by atoms with Gasteiger partial charge in [0.1, 0.15) is 23.0 Å². The average molecular weight is 575 g/mol. The second-order valence-electron chi connectivity index (χ2n) is 9.28. The van der Waals surface area contributed by atoms with Gasteiger partial charge in [0.15, 0.2) is 0 Å². The Morgan fingerprint density at radius 1 is 0.833 bits per heavy atom. The number of rotatable bonds is 10. The van der Waals surface area contributed by atoms with Crippen molar-refractivity contribution in [3.8, 4) is 39.9 Å². The van der Waals surface area contributed by atoms with Gasteiger partial charge in [-0.05, 0) is 84.4 Å². The zero-order valence-electron chi connectivity index (χ0n) is 22.3. The molecule has 0 saturated carbocycles. The molecule has 0 saturated heterocycles. The fourth-order valence-corrected chi connectivity index (χ4v) is 4.43. The van der Waals surface area contributed by atoms with Crippen LogP contribution >= 0.6 is 0 Å². The van der Waals surface area contributed by atoms with Crippen LogP contribution in [-0.2, 0) is 11.2 Å². The minimum absolute atomic E-state index is 0.000163. The molecule has 1 heterocycles. The van der Waals surface area contributed by atoms with E-state index < -0.39 is 24.0 Å². The average Bonchev–Trinajstić information content (AvgIpc) is 3.40. The zero-order chi connectivity index (χ0) is 29.7. The van der Waals surface area contributed by atoms with Crippen molar-refractivity contribution in [1.82, 2.24) is 9.78 Å². The first-order valence-electron chi connectivity index (χ1n) is 12.8. The molecular formula is C32H25F3N2O5. The Kier molecular flexibility index (Phi) is 8.14. The summed E-state index contributed by atoms with van der Waals surface area (Å²) in [7, 11) is 1.57. The number of hydrogen-bond acceptors (Lipinski definition) is 5. The summed E-state index contributed by atoms with van der Waals surface area (Å²) in [5, 5.41) is 14.7. The van der Waals surface area contributed by atoms with Crippen molar-refractivity contribution in [2.45, 2.75) is 18.7 Å². The third kappa shape index (κ3) is 6.90. The van der Waals surface area contributed by atoms with Crippen molar-refractivity contribution in [2.75, 3.05) is 7.11 Å². The van der Waals surface area contributed by atoms with Gasteiger partial charge in [0.25, 0.3) is 0 Å². The lowest BCUT2D eigenvalue weighted by atomic mass is 9.94. The molecule has 1 N–H and O–H groups in total. The summed E-state index contributed by atoms with van der Waals surface area (Å²) < 4.78 is 54.5. The van der Waals surface area contributed by atoms with Crippen LogP contribution in [0.15, 0.2) is 109 Å². The van der Waals surface area contributed by atoms with Gasteiger partial charge in [0.2, 0.25) is 0 Å². The summed E-state index contributed by atoms with van der Waals surface area (Å²) >= 11 is 0. The van der Waals surface area contributed by atoms with Gasteiger partial charge in [-0.25, -0.2) is 4.68 Å². The third-order valence-corrected chi connectivity index (χ3v) is 6.43. The molecule has 0 aliphatic carbocycles. The van der Waals surface area contributed by atoms with E-state index in [-0.39, 0.29) is 6.42 Å². The Morgan fingerprint density at radius 3 is 2.02 bits per heavy atom. The van der Waals surface area contributed by atoms with Gasteiger partial charge in [-0.1, -0.05) is 30.3 Å². The van der Waals surface area contributed by atoms with Crippen LogP contribution in [0.5, 0.6) is 23.0 Å². The molecule has 0 fully saturated rings. The van der Waals surface area contributed by atoms with E-state index in [9.17, 15) is 23.1 Å². The molecule has 0 spiro atoms. The Bertz CT molecular complexity index is 1630. The van der Waals surface area contributed by atoms with Gasteiger partial charge in [0, 0.05) is 12.0 Å². The summed E-state index contributed by atoms with van der Waals surface area (Å²) in [6.07, 6.45) is -4.84. The topological polar surface area (TPSA) is 82.8 Å². The van der Waals surface area contributed by atoms with E-state index in [1.54, 1.807) is 30.0 Å². The predicted octanol–water partition coefficient (Wildman–Crippen LogP) is 7.65. The highest BCUT2D eigenvalue weighted by molar-refractivity contribution is 5.76. The molecule has 1 atom stereocenters. The van der Waals surface area contributed by atoms with E-state index in [0.717, 1.165) is 23.4 Å². The molecule has 7 nitrogen and oxygen atoms in total.